The Hall–Kier alpha value is -2.82. The number of benzene rings is 2. The molecular formula is C19H21NO4. The average molecular weight is 327 g/mol. The molecule has 1 amide bonds. The fourth-order valence-corrected chi connectivity index (χ4v) is 2.29. The molecule has 0 fully saturated rings. The third-order valence-electron chi connectivity index (χ3n) is 3.63. The molecule has 0 unspecified atom stereocenters. The minimum atomic E-state index is -1.04. The van der Waals surface area contributed by atoms with Crippen LogP contribution in [-0.4, -0.2) is 42.1 Å². The van der Waals surface area contributed by atoms with Crippen molar-refractivity contribution >= 4 is 11.9 Å². The highest BCUT2D eigenvalue weighted by molar-refractivity contribution is 5.97. The molecule has 2 aromatic rings. The molecule has 0 aliphatic carbocycles. The summed E-state index contributed by atoms with van der Waals surface area (Å²) >= 11 is 0. The van der Waals surface area contributed by atoms with E-state index in [-0.39, 0.29) is 11.5 Å². The van der Waals surface area contributed by atoms with E-state index in [0.717, 1.165) is 16.9 Å². The van der Waals surface area contributed by atoms with E-state index in [1.165, 1.54) is 11.0 Å². The van der Waals surface area contributed by atoms with Crippen molar-refractivity contribution < 1.29 is 19.4 Å². The van der Waals surface area contributed by atoms with Gasteiger partial charge in [-0.3, -0.25) is 4.79 Å². The highest BCUT2D eigenvalue weighted by Crippen LogP contribution is 2.13. The Labute approximate surface area is 141 Å². The standard InChI is InChI=1S/C19H21NO4/c1-13-4-6-17(7-5-13)24-9-8-20(3)18(21)15-10-14(2)11-16(12-15)19(22)23/h4-7,10-12H,8-9H2,1-3H3,(H,22,23). The van der Waals surface area contributed by atoms with Crippen LogP contribution in [0, 0.1) is 13.8 Å². The lowest BCUT2D eigenvalue weighted by Crippen LogP contribution is -2.31. The topological polar surface area (TPSA) is 66.8 Å². The van der Waals surface area contributed by atoms with Gasteiger partial charge in [0.15, 0.2) is 0 Å². The van der Waals surface area contributed by atoms with Gasteiger partial charge in [-0.1, -0.05) is 17.7 Å². The number of likely N-dealkylation sites (N-methyl/N-ethyl adjacent to an activating group) is 1. The predicted octanol–water partition coefficient (Wildman–Crippen LogP) is 3.15. The lowest BCUT2D eigenvalue weighted by atomic mass is 10.1. The Morgan fingerprint density at radius 1 is 1.00 bits per heavy atom. The van der Waals surface area contributed by atoms with E-state index < -0.39 is 5.97 Å². The number of amides is 1. The van der Waals surface area contributed by atoms with Gasteiger partial charge in [0.2, 0.25) is 0 Å². The minimum absolute atomic E-state index is 0.114. The van der Waals surface area contributed by atoms with Crippen LogP contribution in [0.4, 0.5) is 0 Å². The van der Waals surface area contributed by atoms with Crippen molar-refractivity contribution in [2.45, 2.75) is 13.8 Å². The molecule has 24 heavy (non-hydrogen) atoms. The first-order chi connectivity index (χ1) is 11.4. The summed E-state index contributed by atoms with van der Waals surface area (Å²) in [5, 5.41) is 9.10. The molecule has 0 aliphatic heterocycles. The highest BCUT2D eigenvalue weighted by Gasteiger charge is 2.15. The zero-order valence-electron chi connectivity index (χ0n) is 14.1. The SMILES string of the molecule is Cc1ccc(OCCN(C)C(=O)c2cc(C)cc(C(=O)O)c2)cc1. The average Bonchev–Trinajstić information content (AvgIpc) is 2.55. The quantitative estimate of drug-likeness (QED) is 0.885. The number of carboxylic acid groups (broad SMARTS) is 1. The van der Waals surface area contributed by atoms with E-state index in [2.05, 4.69) is 0 Å². The second kappa shape index (κ2) is 7.64. The van der Waals surface area contributed by atoms with E-state index in [1.807, 2.05) is 31.2 Å². The molecule has 0 aliphatic rings. The van der Waals surface area contributed by atoms with Crippen LogP contribution < -0.4 is 4.74 Å². The Bertz CT molecular complexity index is 738. The van der Waals surface area contributed by atoms with Gasteiger partial charge in [-0.15, -0.1) is 0 Å². The van der Waals surface area contributed by atoms with Crippen LogP contribution in [0.25, 0.3) is 0 Å². The molecule has 0 atom stereocenters. The molecule has 0 bridgehead atoms. The molecule has 1 N–H and O–H groups in total. The van der Waals surface area contributed by atoms with Crippen LogP contribution >= 0.6 is 0 Å². The van der Waals surface area contributed by atoms with Crippen molar-refractivity contribution in [2.75, 3.05) is 20.2 Å². The molecule has 0 saturated carbocycles. The minimum Gasteiger partial charge on any atom is -0.492 e. The van der Waals surface area contributed by atoms with E-state index in [1.54, 1.807) is 26.1 Å². The lowest BCUT2D eigenvalue weighted by Gasteiger charge is -2.18. The summed E-state index contributed by atoms with van der Waals surface area (Å²) in [6.45, 7) is 4.54. The van der Waals surface area contributed by atoms with Gasteiger partial charge >= 0.3 is 5.97 Å². The molecule has 5 nitrogen and oxygen atoms in total. The molecule has 126 valence electrons. The first kappa shape index (κ1) is 17.5. The van der Waals surface area contributed by atoms with Crippen LogP contribution in [0.1, 0.15) is 31.8 Å². The van der Waals surface area contributed by atoms with E-state index >= 15 is 0 Å². The van der Waals surface area contributed by atoms with Crippen molar-refractivity contribution in [3.05, 3.63) is 64.7 Å². The van der Waals surface area contributed by atoms with Crippen molar-refractivity contribution in [3.8, 4) is 5.75 Å². The number of carboxylic acids is 1. The monoisotopic (exact) mass is 327 g/mol. The van der Waals surface area contributed by atoms with Crippen molar-refractivity contribution in [3.63, 3.8) is 0 Å². The third kappa shape index (κ3) is 4.59. The maximum absolute atomic E-state index is 12.4. The van der Waals surface area contributed by atoms with Gasteiger partial charge in [0, 0.05) is 12.6 Å². The van der Waals surface area contributed by atoms with Gasteiger partial charge in [0.05, 0.1) is 12.1 Å². The fraction of sp³-hybridized carbons (Fsp3) is 0.263. The fourth-order valence-electron chi connectivity index (χ4n) is 2.29. The third-order valence-corrected chi connectivity index (χ3v) is 3.63. The van der Waals surface area contributed by atoms with Gasteiger partial charge < -0.3 is 14.7 Å². The molecule has 0 saturated heterocycles. The van der Waals surface area contributed by atoms with E-state index in [0.29, 0.717) is 18.7 Å². The number of hydrogen-bond acceptors (Lipinski definition) is 3. The summed E-state index contributed by atoms with van der Waals surface area (Å²) < 4.78 is 5.62. The Balaban J connectivity index is 1.96. The molecule has 2 aromatic carbocycles. The lowest BCUT2D eigenvalue weighted by molar-refractivity contribution is 0.0696. The number of aryl methyl sites for hydroxylation is 2. The number of carbonyl (C=O) groups is 2. The van der Waals surface area contributed by atoms with Crippen LogP contribution in [0.2, 0.25) is 0 Å². The molecular weight excluding hydrogens is 306 g/mol. The normalized spacial score (nSPS) is 10.3. The Morgan fingerprint density at radius 3 is 2.25 bits per heavy atom. The van der Waals surface area contributed by atoms with Gasteiger partial charge in [-0.2, -0.15) is 0 Å². The van der Waals surface area contributed by atoms with Gasteiger partial charge in [-0.05, 0) is 49.7 Å². The van der Waals surface area contributed by atoms with Gasteiger partial charge in [-0.25, -0.2) is 4.79 Å². The second-order valence-corrected chi connectivity index (χ2v) is 5.78. The number of hydrogen-bond donors (Lipinski definition) is 1. The van der Waals surface area contributed by atoms with Crippen LogP contribution in [0.3, 0.4) is 0 Å². The summed E-state index contributed by atoms with van der Waals surface area (Å²) in [5.74, 6) is -0.517. The highest BCUT2D eigenvalue weighted by atomic mass is 16.5. The number of rotatable bonds is 6. The van der Waals surface area contributed by atoms with Crippen LogP contribution in [0.5, 0.6) is 5.75 Å². The molecule has 0 aromatic heterocycles. The largest absolute Gasteiger partial charge is 0.492 e. The summed E-state index contributed by atoms with van der Waals surface area (Å²) in [5.41, 5.74) is 2.37. The molecule has 0 radical (unpaired) electrons. The van der Waals surface area contributed by atoms with Gasteiger partial charge in [0.1, 0.15) is 12.4 Å². The maximum Gasteiger partial charge on any atom is 0.335 e. The first-order valence-electron chi connectivity index (χ1n) is 7.67. The Kier molecular flexibility index (Phi) is 5.58. The molecule has 0 heterocycles. The molecule has 5 heteroatoms. The second-order valence-electron chi connectivity index (χ2n) is 5.78. The number of carbonyl (C=O) groups excluding carboxylic acids is 1. The predicted molar refractivity (Wildman–Crippen MR) is 91.8 cm³/mol. The first-order valence-corrected chi connectivity index (χ1v) is 7.67. The van der Waals surface area contributed by atoms with Gasteiger partial charge in [0.25, 0.3) is 5.91 Å². The van der Waals surface area contributed by atoms with E-state index in [9.17, 15) is 9.59 Å². The molecule has 0 spiro atoms. The summed E-state index contributed by atoms with van der Waals surface area (Å²) in [7, 11) is 1.67. The summed E-state index contributed by atoms with van der Waals surface area (Å²) in [6.07, 6.45) is 0. The summed E-state index contributed by atoms with van der Waals surface area (Å²) in [6, 6.07) is 12.3. The van der Waals surface area contributed by atoms with Crippen molar-refractivity contribution in [1.29, 1.82) is 0 Å². The zero-order chi connectivity index (χ0) is 17.7. The number of ether oxygens (including phenoxy) is 1. The van der Waals surface area contributed by atoms with Crippen molar-refractivity contribution in [2.24, 2.45) is 0 Å². The van der Waals surface area contributed by atoms with Crippen LogP contribution in [-0.2, 0) is 0 Å². The maximum atomic E-state index is 12.4. The number of nitrogens with zero attached hydrogens (tertiary/aromatic N) is 1. The molecule has 2 rings (SSSR count). The van der Waals surface area contributed by atoms with Crippen LogP contribution in [0.15, 0.2) is 42.5 Å². The smallest absolute Gasteiger partial charge is 0.335 e. The Morgan fingerprint density at radius 2 is 1.62 bits per heavy atom. The number of aromatic carboxylic acids is 1. The van der Waals surface area contributed by atoms with E-state index in [4.69, 9.17) is 9.84 Å². The summed E-state index contributed by atoms with van der Waals surface area (Å²) in [4.78, 5) is 25.1. The van der Waals surface area contributed by atoms with Crippen molar-refractivity contribution in [1.82, 2.24) is 4.90 Å². The zero-order valence-corrected chi connectivity index (χ0v) is 14.1.